The van der Waals surface area contributed by atoms with E-state index in [-0.39, 0.29) is 5.63 Å². The van der Waals surface area contributed by atoms with Gasteiger partial charge in [0, 0.05) is 22.0 Å². The molecule has 1 fully saturated rings. The van der Waals surface area contributed by atoms with Crippen LogP contribution in [0.2, 0.25) is 5.02 Å². The molecule has 0 aliphatic carbocycles. The highest BCUT2D eigenvalue weighted by Crippen LogP contribution is 2.25. The molecule has 3 rings (SSSR count). The van der Waals surface area contributed by atoms with Crippen molar-refractivity contribution in [2.24, 2.45) is 0 Å². The first-order valence-electron chi connectivity index (χ1n) is 7.62. The van der Waals surface area contributed by atoms with Gasteiger partial charge in [-0.1, -0.05) is 11.6 Å². The molecular weight excluding hydrogens is 286 g/mol. The molecule has 4 heteroatoms. The Morgan fingerprint density at radius 1 is 1.33 bits per heavy atom. The van der Waals surface area contributed by atoms with Crippen molar-refractivity contribution in [3.63, 3.8) is 0 Å². The predicted molar refractivity (Wildman–Crippen MR) is 85.1 cm³/mol. The van der Waals surface area contributed by atoms with Crippen LogP contribution in [0.15, 0.2) is 27.4 Å². The maximum atomic E-state index is 11.8. The third-order valence-corrected chi connectivity index (χ3v) is 5.02. The molecule has 0 spiro atoms. The second-order valence-corrected chi connectivity index (χ2v) is 6.58. The molecule has 1 N–H and O–H groups in total. The molecule has 0 saturated carbocycles. The highest BCUT2D eigenvalue weighted by Gasteiger charge is 2.23. The first-order valence-corrected chi connectivity index (χ1v) is 8.00. The van der Waals surface area contributed by atoms with Crippen molar-refractivity contribution >= 4 is 22.6 Å². The van der Waals surface area contributed by atoms with Crippen LogP contribution in [0, 0.1) is 6.92 Å². The number of quaternary nitrogens is 1. The molecule has 1 saturated heterocycles. The number of fused-ring (bicyclic) bond motifs is 1. The van der Waals surface area contributed by atoms with Crippen LogP contribution in [-0.4, -0.2) is 12.6 Å². The van der Waals surface area contributed by atoms with Crippen LogP contribution in [0.25, 0.3) is 11.0 Å². The average Bonchev–Trinajstić information content (AvgIpc) is 2.43. The number of halogens is 1. The number of rotatable bonds is 2. The Morgan fingerprint density at radius 3 is 2.90 bits per heavy atom. The molecular formula is C17H21ClNO2+. The minimum absolute atomic E-state index is 0.275. The Labute approximate surface area is 129 Å². The minimum atomic E-state index is -0.275. The van der Waals surface area contributed by atoms with Gasteiger partial charge in [-0.15, -0.1) is 0 Å². The van der Waals surface area contributed by atoms with Gasteiger partial charge in [-0.2, -0.15) is 0 Å². The number of hydrogen-bond acceptors (Lipinski definition) is 2. The van der Waals surface area contributed by atoms with Gasteiger partial charge >= 0.3 is 5.63 Å². The van der Waals surface area contributed by atoms with E-state index in [1.807, 2.05) is 19.1 Å². The number of benzene rings is 1. The number of aryl methyl sites for hydroxylation is 1. The SMILES string of the molecule is Cc1cc2oc(=O)cc(C[NH+]3CCCC[C@H]3C)c2cc1Cl. The van der Waals surface area contributed by atoms with Crippen LogP contribution in [0.3, 0.4) is 0 Å². The molecule has 1 aromatic carbocycles. The van der Waals surface area contributed by atoms with Crippen molar-refractivity contribution in [2.75, 3.05) is 6.54 Å². The van der Waals surface area contributed by atoms with Gasteiger partial charge in [0.05, 0.1) is 12.6 Å². The molecule has 0 amide bonds. The first-order chi connectivity index (χ1) is 10.0. The molecule has 2 heterocycles. The van der Waals surface area contributed by atoms with E-state index in [1.165, 1.54) is 25.8 Å². The number of piperidine rings is 1. The fourth-order valence-electron chi connectivity index (χ4n) is 3.25. The van der Waals surface area contributed by atoms with Crippen molar-refractivity contribution in [2.45, 2.75) is 45.7 Å². The van der Waals surface area contributed by atoms with Gasteiger partial charge in [-0.05, 0) is 50.8 Å². The van der Waals surface area contributed by atoms with E-state index in [0.29, 0.717) is 11.6 Å². The van der Waals surface area contributed by atoms with Gasteiger partial charge in [-0.3, -0.25) is 0 Å². The molecule has 112 valence electrons. The molecule has 1 aliphatic heterocycles. The third kappa shape index (κ3) is 2.99. The summed E-state index contributed by atoms with van der Waals surface area (Å²) in [6, 6.07) is 6.06. The Bertz CT molecular complexity index is 723. The molecule has 1 aromatic heterocycles. The molecule has 3 nitrogen and oxygen atoms in total. The van der Waals surface area contributed by atoms with Gasteiger partial charge < -0.3 is 9.32 Å². The molecule has 0 radical (unpaired) electrons. The molecule has 0 bridgehead atoms. The number of nitrogens with one attached hydrogen (secondary N) is 1. The summed E-state index contributed by atoms with van der Waals surface area (Å²) < 4.78 is 5.33. The van der Waals surface area contributed by atoms with Crippen LogP contribution in [-0.2, 0) is 6.54 Å². The van der Waals surface area contributed by atoms with Crippen molar-refractivity contribution in [1.82, 2.24) is 0 Å². The second-order valence-electron chi connectivity index (χ2n) is 6.17. The monoisotopic (exact) mass is 306 g/mol. The summed E-state index contributed by atoms with van der Waals surface area (Å²) in [5.74, 6) is 0. The zero-order valence-corrected chi connectivity index (χ0v) is 13.3. The van der Waals surface area contributed by atoms with Crippen LogP contribution >= 0.6 is 11.6 Å². The number of hydrogen-bond donors (Lipinski definition) is 1. The summed E-state index contributed by atoms with van der Waals surface area (Å²) in [6.07, 6.45) is 3.83. The van der Waals surface area contributed by atoms with E-state index in [1.54, 1.807) is 11.0 Å². The lowest BCUT2D eigenvalue weighted by atomic mass is 10.0. The largest absolute Gasteiger partial charge is 0.423 e. The zero-order chi connectivity index (χ0) is 15.0. The lowest BCUT2D eigenvalue weighted by molar-refractivity contribution is -0.941. The summed E-state index contributed by atoms with van der Waals surface area (Å²) in [5.41, 5.74) is 2.35. The maximum Gasteiger partial charge on any atom is 0.336 e. The Morgan fingerprint density at radius 2 is 2.14 bits per heavy atom. The third-order valence-electron chi connectivity index (χ3n) is 4.61. The van der Waals surface area contributed by atoms with E-state index >= 15 is 0 Å². The standard InChI is InChI=1S/C17H20ClNO2/c1-11-7-16-14(9-15(11)18)13(8-17(20)21-16)10-19-6-4-3-5-12(19)2/h7-9,12H,3-6,10H2,1-2H3/p+1/t12-/m1/s1. The summed E-state index contributed by atoms with van der Waals surface area (Å²) in [4.78, 5) is 13.4. The van der Waals surface area contributed by atoms with Gasteiger partial charge in [-0.25, -0.2) is 4.79 Å². The predicted octanol–water partition coefficient (Wildman–Crippen LogP) is 2.71. The van der Waals surface area contributed by atoms with Crippen molar-refractivity contribution in [3.8, 4) is 0 Å². The van der Waals surface area contributed by atoms with Gasteiger partial charge in [0.2, 0.25) is 0 Å². The zero-order valence-electron chi connectivity index (χ0n) is 12.5. The van der Waals surface area contributed by atoms with Gasteiger partial charge in [0.15, 0.2) is 0 Å². The van der Waals surface area contributed by atoms with E-state index in [9.17, 15) is 4.79 Å². The lowest BCUT2D eigenvalue weighted by Gasteiger charge is -2.30. The Hall–Kier alpha value is -1.32. The summed E-state index contributed by atoms with van der Waals surface area (Å²) in [5, 5.41) is 1.69. The van der Waals surface area contributed by atoms with Crippen molar-refractivity contribution in [3.05, 3.63) is 44.8 Å². The summed E-state index contributed by atoms with van der Waals surface area (Å²) in [6.45, 7) is 6.25. The second kappa shape index (κ2) is 5.82. The van der Waals surface area contributed by atoms with E-state index in [4.69, 9.17) is 16.0 Å². The first kappa shape index (κ1) is 14.6. The highest BCUT2D eigenvalue weighted by atomic mass is 35.5. The molecule has 1 aliphatic rings. The fraction of sp³-hybridized carbons (Fsp3) is 0.471. The van der Waals surface area contributed by atoms with E-state index in [0.717, 1.165) is 28.1 Å². The van der Waals surface area contributed by atoms with Gasteiger partial charge in [0.1, 0.15) is 12.1 Å². The molecule has 21 heavy (non-hydrogen) atoms. The quantitative estimate of drug-likeness (QED) is 0.866. The van der Waals surface area contributed by atoms with Crippen LogP contribution in [0.4, 0.5) is 0 Å². The van der Waals surface area contributed by atoms with Crippen LogP contribution in [0.5, 0.6) is 0 Å². The average molecular weight is 307 g/mol. The van der Waals surface area contributed by atoms with E-state index in [2.05, 4.69) is 6.92 Å². The Balaban J connectivity index is 2.04. The van der Waals surface area contributed by atoms with Crippen LogP contribution < -0.4 is 10.5 Å². The number of likely N-dealkylation sites (tertiary alicyclic amines) is 1. The summed E-state index contributed by atoms with van der Waals surface area (Å²) >= 11 is 6.24. The maximum absolute atomic E-state index is 11.8. The lowest BCUT2D eigenvalue weighted by Crippen LogP contribution is -3.14. The topological polar surface area (TPSA) is 34.6 Å². The van der Waals surface area contributed by atoms with Crippen molar-refractivity contribution in [1.29, 1.82) is 0 Å². The van der Waals surface area contributed by atoms with Crippen LogP contribution in [0.1, 0.15) is 37.3 Å². The van der Waals surface area contributed by atoms with Gasteiger partial charge in [0.25, 0.3) is 0 Å². The summed E-state index contributed by atoms with van der Waals surface area (Å²) in [7, 11) is 0. The normalized spacial score (nSPS) is 22.6. The fourth-order valence-corrected chi connectivity index (χ4v) is 3.42. The molecule has 1 unspecified atom stereocenters. The van der Waals surface area contributed by atoms with Crippen molar-refractivity contribution < 1.29 is 9.32 Å². The molecule has 2 aromatic rings. The smallest absolute Gasteiger partial charge is 0.336 e. The minimum Gasteiger partial charge on any atom is -0.423 e. The Kier molecular flexibility index (Phi) is 4.05. The molecule has 2 atom stereocenters. The highest BCUT2D eigenvalue weighted by molar-refractivity contribution is 6.32. The van der Waals surface area contributed by atoms with E-state index < -0.39 is 0 Å².